The van der Waals surface area contributed by atoms with Gasteiger partial charge in [0, 0.05) is 5.56 Å². The van der Waals surface area contributed by atoms with Gasteiger partial charge < -0.3 is 0 Å². The molecule has 8 nitrogen and oxygen atoms in total. The van der Waals surface area contributed by atoms with E-state index in [9.17, 15) is 14.9 Å². The number of fused-ring (bicyclic) bond motifs is 1. The second kappa shape index (κ2) is 6.91. The summed E-state index contributed by atoms with van der Waals surface area (Å²) in [6.45, 7) is 1.65. The van der Waals surface area contributed by atoms with Gasteiger partial charge in [-0.2, -0.15) is 10.2 Å². The predicted octanol–water partition coefficient (Wildman–Crippen LogP) is 2.48. The van der Waals surface area contributed by atoms with Crippen LogP contribution in [-0.2, 0) is 11.3 Å². The first-order chi connectivity index (χ1) is 12.0. The summed E-state index contributed by atoms with van der Waals surface area (Å²) in [4.78, 5) is 22.0. The van der Waals surface area contributed by atoms with Crippen molar-refractivity contribution in [3.8, 4) is 0 Å². The monoisotopic (exact) mass is 337 g/mol. The average molecular weight is 337 g/mol. The summed E-state index contributed by atoms with van der Waals surface area (Å²) in [5.74, 6) is -0.419. The molecule has 8 heteroatoms. The molecule has 126 valence electrons. The average Bonchev–Trinajstić information content (AvgIpc) is 3.08. The summed E-state index contributed by atoms with van der Waals surface area (Å²) >= 11 is 0. The van der Waals surface area contributed by atoms with Gasteiger partial charge in [-0.05, 0) is 17.7 Å². The molecule has 0 bridgehead atoms. The van der Waals surface area contributed by atoms with Crippen LogP contribution in [-0.4, -0.2) is 26.3 Å². The lowest BCUT2D eigenvalue weighted by Crippen LogP contribution is -2.24. The van der Waals surface area contributed by atoms with Crippen molar-refractivity contribution in [1.29, 1.82) is 0 Å². The number of hydrazone groups is 1. The highest BCUT2D eigenvalue weighted by atomic mass is 16.6. The third kappa shape index (κ3) is 3.69. The van der Waals surface area contributed by atoms with Crippen LogP contribution in [0.15, 0.2) is 60.0 Å². The van der Waals surface area contributed by atoms with Gasteiger partial charge in [0.1, 0.15) is 18.9 Å². The highest BCUT2D eigenvalue weighted by Crippen LogP contribution is 2.19. The van der Waals surface area contributed by atoms with Crippen LogP contribution < -0.4 is 5.43 Å². The minimum Gasteiger partial charge on any atom is -0.271 e. The van der Waals surface area contributed by atoms with E-state index in [0.29, 0.717) is 5.71 Å². The number of hydrogen-bond donors (Lipinski definition) is 1. The number of rotatable bonds is 5. The van der Waals surface area contributed by atoms with Crippen molar-refractivity contribution >= 4 is 28.1 Å². The maximum atomic E-state index is 11.9. The molecule has 0 aliphatic rings. The van der Waals surface area contributed by atoms with Gasteiger partial charge in [-0.15, -0.1) is 0 Å². The predicted molar refractivity (Wildman–Crippen MR) is 93.2 cm³/mol. The molecular weight excluding hydrogens is 322 g/mol. The minimum atomic E-state index is -0.565. The molecule has 0 saturated carbocycles. The zero-order chi connectivity index (χ0) is 17.8. The second-order valence-electron chi connectivity index (χ2n) is 5.41. The summed E-state index contributed by atoms with van der Waals surface area (Å²) < 4.78 is 1.19. The van der Waals surface area contributed by atoms with Gasteiger partial charge in [0.15, 0.2) is 0 Å². The lowest BCUT2D eigenvalue weighted by atomic mass is 10.0. The van der Waals surface area contributed by atoms with Crippen LogP contribution >= 0.6 is 0 Å². The molecule has 0 aliphatic heterocycles. The summed E-state index contributed by atoms with van der Waals surface area (Å²) in [5, 5.41) is 20.6. The van der Waals surface area contributed by atoms with E-state index in [1.807, 2.05) is 42.5 Å². The number of nitrogens with one attached hydrogen (secondary N) is 1. The highest BCUT2D eigenvalue weighted by Gasteiger charge is 2.11. The molecule has 0 fully saturated rings. The van der Waals surface area contributed by atoms with Crippen LogP contribution in [0.3, 0.4) is 0 Å². The van der Waals surface area contributed by atoms with Crippen molar-refractivity contribution in [1.82, 2.24) is 15.2 Å². The van der Waals surface area contributed by atoms with Crippen LogP contribution in [0.5, 0.6) is 0 Å². The van der Waals surface area contributed by atoms with Crippen molar-refractivity contribution in [2.24, 2.45) is 5.10 Å². The topological polar surface area (TPSA) is 102 Å². The molecule has 3 aromatic rings. The van der Waals surface area contributed by atoms with Crippen molar-refractivity contribution < 1.29 is 9.72 Å². The highest BCUT2D eigenvalue weighted by molar-refractivity contribution is 6.09. The van der Waals surface area contributed by atoms with Crippen molar-refractivity contribution in [3.05, 3.63) is 70.5 Å². The Hall–Kier alpha value is -3.55. The van der Waals surface area contributed by atoms with E-state index >= 15 is 0 Å². The molecule has 0 aliphatic carbocycles. The molecule has 0 atom stereocenters. The van der Waals surface area contributed by atoms with Crippen molar-refractivity contribution in [3.63, 3.8) is 0 Å². The number of hydrogen-bond acceptors (Lipinski definition) is 5. The molecule has 1 amide bonds. The maximum absolute atomic E-state index is 11.9. The largest absolute Gasteiger partial charge is 0.307 e. The number of benzene rings is 2. The van der Waals surface area contributed by atoms with Crippen LogP contribution in [0.1, 0.15) is 12.5 Å². The molecule has 25 heavy (non-hydrogen) atoms. The third-order valence-electron chi connectivity index (χ3n) is 3.66. The number of nitrogens with zero attached hydrogens (tertiary/aromatic N) is 4. The maximum Gasteiger partial charge on any atom is 0.307 e. The fraction of sp³-hybridized carbons (Fsp3) is 0.118. The smallest absolute Gasteiger partial charge is 0.271 e. The van der Waals surface area contributed by atoms with Crippen LogP contribution in [0.2, 0.25) is 0 Å². The Balaban J connectivity index is 1.71. The Kier molecular flexibility index (Phi) is 4.51. The Morgan fingerprint density at radius 1 is 1.28 bits per heavy atom. The van der Waals surface area contributed by atoms with Gasteiger partial charge in [-0.3, -0.25) is 19.6 Å². The Bertz CT molecular complexity index is 972. The Morgan fingerprint density at radius 2 is 2.04 bits per heavy atom. The number of amides is 1. The lowest BCUT2D eigenvalue weighted by molar-refractivity contribution is -0.385. The summed E-state index contributed by atoms with van der Waals surface area (Å²) in [7, 11) is 0. The van der Waals surface area contributed by atoms with E-state index in [2.05, 4.69) is 15.6 Å². The van der Waals surface area contributed by atoms with Crippen LogP contribution in [0.25, 0.3) is 10.8 Å². The number of aromatic nitrogens is 2. The van der Waals surface area contributed by atoms with Gasteiger partial charge in [-0.1, -0.05) is 42.5 Å². The second-order valence-corrected chi connectivity index (χ2v) is 5.41. The third-order valence-corrected chi connectivity index (χ3v) is 3.66. The fourth-order valence-corrected chi connectivity index (χ4v) is 2.46. The minimum absolute atomic E-state index is 0.153. The Morgan fingerprint density at radius 3 is 2.80 bits per heavy atom. The number of nitro groups is 1. The molecule has 0 unspecified atom stereocenters. The number of carbonyl (C=O) groups is 1. The zero-order valence-electron chi connectivity index (χ0n) is 13.4. The van der Waals surface area contributed by atoms with Crippen molar-refractivity contribution in [2.75, 3.05) is 0 Å². The number of carbonyl (C=O) groups excluding carboxylic acids is 1. The molecule has 0 radical (unpaired) electrons. The van der Waals surface area contributed by atoms with Crippen LogP contribution in [0.4, 0.5) is 5.69 Å². The standard InChI is InChI=1S/C17H15N5O3/c1-12(15-8-4-6-13-5-2-3-7-16(13)15)19-20-17(23)11-21-10-14(9-18-21)22(24)25/h2-10H,11H2,1H3,(H,20,23)/b19-12+. The van der Waals surface area contributed by atoms with E-state index in [0.717, 1.165) is 22.5 Å². The van der Waals surface area contributed by atoms with Gasteiger partial charge in [0.2, 0.25) is 0 Å². The van der Waals surface area contributed by atoms with Crippen molar-refractivity contribution in [2.45, 2.75) is 13.5 Å². The van der Waals surface area contributed by atoms with Crippen LogP contribution in [0, 0.1) is 10.1 Å². The zero-order valence-corrected chi connectivity index (χ0v) is 13.4. The Labute approximate surface area is 142 Å². The lowest BCUT2D eigenvalue weighted by Gasteiger charge is -2.07. The van der Waals surface area contributed by atoms with E-state index in [4.69, 9.17) is 0 Å². The molecule has 3 rings (SSSR count). The van der Waals surface area contributed by atoms with Gasteiger partial charge in [0.05, 0.1) is 10.6 Å². The quantitative estimate of drug-likeness (QED) is 0.439. The summed E-state index contributed by atoms with van der Waals surface area (Å²) in [6.07, 6.45) is 2.29. The van der Waals surface area contributed by atoms with E-state index < -0.39 is 10.8 Å². The summed E-state index contributed by atoms with van der Waals surface area (Å²) in [6, 6.07) is 13.8. The molecule has 2 aromatic carbocycles. The molecule has 0 spiro atoms. The van der Waals surface area contributed by atoms with E-state index in [-0.39, 0.29) is 12.2 Å². The molecule has 1 N–H and O–H groups in total. The fourth-order valence-electron chi connectivity index (χ4n) is 2.46. The summed E-state index contributed by atoms with van der Waals surface area (Å²) in [5.41, 5.74) is 3.87. The first kappa shape index (κ1) is 16.3. The normalized spacial score (nSPS) is 11.5. The first-order valence-corrected chi connectivity index (χ1v) is 7.52. The SMILES string of the molecule is C/C(=N\NC(=O)Cn1cc([N+](=O)[O-])cn1)c1cccc2ccccc12. The molecule has 1 aromatic heterocycles. The van der Waals surface area contributed by atoms with Gasteiger partial charge in [-0.25, -0.2) is 5.43 Å². The van der Waals surface area contributed by atoms with E-state index in [1.54, 1.807) is 6.92 Å². The van der Waals surface area contributed by atoms with E-state index in [1.165, 1.54) is 10.9 Å². The van der Waals surface area contributed by atoms with Gasteiger partial charge >= 0.3 is 5.69 Å². The molecule has 0 saturated heterocycles. The molecular formula is C17H15N5O3. The first-order valence-electron chi connectivity index (χ1n) is 7.52. The van der Waals surface area contributed by atoms with Gasteiger partial charge in [0.25, 0.3) is 5.91 Å². The molecule has 1 heterocycles.